The lowest BCUT2D eigenvalue weighted by Crippen LogP contribution is -1.88. The fourth-order valence-corrected chi connectivity index (χ4v) is 2.08. The fourth-order valence-electron chi connectivity index (χ4n) is 1.29. The summed E-state index contributed by atoms with van der Waals surface area (Å²) in [6.07, 6.45) is 0. The SMILES string of the molecule is Oc1ccc(Cl)c(Cl)c1Oc1ccc(Cl)cc1Cl. The Morgan fingerprint density at radius 3 is 2.28 bits per heavy atom. The second-order valence-electron chi connectivity index (χ2n) is 3.39. The van der Waals surface area contributed by atoms with Gasteiger partial charge < -0.3 is 9.84 Å². The molecule has 6 heteroatoms. The Morgan fingerprint density at radius 1 is 0.889 bits per heavy atom. The summed E-state index contributed by atoms with van der Waals surface area (Å²) in [7, 11) is 0. The standard InChI is InChI=1S/C12H6Cl4O2/c13-6-1-4-10(8(15)5-6)18-12-9(17)3-2-7(14)11(12)16/h1-5,17H. The van der Waals surface area contributed by atoms with Crippen molar-refractivity contribution in [2.45, 2.75) is 0 Å². The van der Waals surface area contributed by atoms with Gasteiger partial charge >= 0.3 is 0 Å². The summed E-state index contributed by atoms with van der Waals surface area (Å²) >= 11 is 23.5. The topological polar surface area (TPSA) is 29.5 Å². The normalized spacial score (nSPS) is 10.4. The monoisotopic (exact) mass is 322 g/mol. The number of ether oxygens (including phenoxy) is 1. The molecule has 0 spiro atoms. The lowest BCUT2D eigenvalue weighted by molar-refractivity contribution is 0.411. The van der Waals surface area contributed by atoms with Crippen LogP contribution in [0.25, 0.3) is 0 Å². The first-order chi connectivity index (χ1) is 8.49. The maximum Gasteiger partial charge on any atom is 0.189 e. The summed E-state index contributed by atoms with van der Waals surface area (Å²) in [6.45, 7) is 0. The Balaban J connectivity index is 2.43. The van der Waals surface area contributed by atoms with E-state index in [-0.39, 0.29) is 21.5 Å². The molecule has 0 bridgehead atoms. The molecule has 0 heterocycles. The van der Waals surface area contributed by atoms with Gasteiger partial charge in [0.25, 0.3) is 0 Å². The second kappa shape index (κ2) is 5.45. The van der Waals surface area contributed by atoms with Crippen LogP contribution in [-0.4, -0.2) is 5.11 Å². The van der Waals surface area contributed by atoms with Crippen LogP contribution in [0.15, 0.2) is 30.3 Å². The Labute approximate surface area is 124 Å². The molecule has 0 unspecified atom stereocenters. The average molecular weight is 324 g/mol. The molecule has 0 aliphatic carbocycles. The summed E-state index contributed by atoms with van der Waals surface area (Å²) in [4.78, 5) is 0. The Kier molecular flexibility index (Phi) is 4.13. The third kappa shape index (κ3) is 2.78. The van der Waals surface area contributed by atoms with Crippen molar-refractivity contribution < 1.29 is 9.84 Å². The Bertz CT molecular complexity index is 599. The summed E-state index contributed by atoms with van der Waals surface area (Å²) in [5.74, 6) is 0.240. The van der Waals surface area contributed by atoms with Gasteiger partial charge in [0, 0.05) is 5.02 Å². The van der Waals surface area contributed by atoms with Crippen LogP contribution in [0.5, 0.6) is 17.2 Å². The molecule has 18 heavy (non-hydrogen) atoms. The molecule has 0 aliphatic rings. The zero-order valence-electron chi connectivity index (χ0n) is 8.75. The molecule has 0 radical (unpaired) electrons. The van der Waals surface area contributed by atoms with Gasteiger partial charge in [-0.3, -0.25) is 0 Å². The van der Waals surface area contributed by atoms with Crippen LogP contribution < -0.4 is 4.74 Å². The number of rotatable bonds is 2. The van der Waals surface area contributed by atoms with E-state index in [1.807, 2.05) is 0 Å². The van der Waals surface area contributed by atoms with E-state index in [2.05, 4.69) is 0 Å². The van der Waals surface area contributed by atoms with Gasteiger partial charge in [-0.25, -0.2) is 0 Å². The molecule has 0 amide bonds. The van der Waals surface area contributed by atoms with E-state index >= 15 is 0 Å². The van der Waals surface area contributed by atoms with Crippen LogP contribution in [0.2, 0.25) is 20.1 Å². The summed E-state index contributed by atoms with van der Waals surface area (Å²) in [5.41, 5.74) is 0. The minimum Gasteiger partial charge on any atom is -0.504 e. The van der Waals surface area contributed by atoms with E-state index in [1.165, 1.54) is 18.2 Å². The first-order valence-corrected chi connectivity index (χ1v) is 6.30. The smallest absolute Gasteiger partial charge is 0.189 e. The summed E-state index contributed by atoms with van der Waals surface area (Å²) < 4.78 is 5.45. The van der Waals surface area contributed by atoms with Crippen molar-refractivity contribution in [1.82, 2.24) is 0 Å². The van der Waals surface area contributed by atoms with Crippen molar-refractivity contribution in [1.29, 1.82) is 0 Å². The second-order valence-corrected chi connectivity index (χ2v) is 5.02. The van der Waals surface area contributed by atoms with E-state index in [4.69, 9.17) is 51.1 Å². The zero-order chi connectivity index (χ0) is 13.3. The molecular weight excluding hydrogens is 318 g/mol. The maximum atomic E-state index is 9.69. The number of benzene rings is 2. The van der Waals surface area contributed by atoms with Crippen LogP contribution in [0.3, 0.4) is 0 Å². The highest BCUT2D eigenvalue weighted by Gasteiger charge is 2.14. The lowest BCUT2D eigenvalue weighted by atomic mass is 10.3. The molecule has 0 aliphatic heterocycles. The van der Waals surface area contributed by atoms with Crippen LogP contribution in [0, 0.1) is 0 Å². The molecule has 0 atom stereocenters. The number of phenolic OH excluding ortho intramolecular Hbond substituents is 1. The molecule has 0 aromatic heterocycles. The van der Waals surface area contributed by atoms with Gasteiger partial charge in [0.1, 0.15) is 10.8 Å². The number of hydrogen-bond donors (Lipinski definition) is 1. The molecule has 0 saturated carbocycles. The van der Waals surface area contributed by atoms with Crippen LogP contribution in [0.1, 0.15) is 0 Å². The first-order valence-electron chi connectivity index (χ1n) is 4.79. The van der Waals surface area contributed by atoms with Gasteiger partial charge in [0.2, 0.25) is 0 Å². The molecule has 2 rings (SSSR count). The molecule has 2 aromatic rings. The predicted molar refractivity (Wildman–Crippen MR) is 74.7 cm³/mol. The van der Waals surface area contributed by atoms with Crippen molar-refractivity contribution in [3.05, 3.63) is 50.4 Å². The van der Waals surface area contributed by atoms with E-state index in [0.29, 0.717) is 15.8 Å². The van der Waals surface area contributed by atoms with E-state index in [1.54, 1.807) is 12.1 Å². The van der Waals surface area contributed by atoms with Crippen LogP contribution in [-0.2, 0) is 0 Å². The van der Waals surface area contributed by atoms with Gasteiger partial charge in [-0.05, 0) is 30.3 Å². The molecule has 0 saturated heterocycles. The molecule has 94 valence electrons. The molecule has 0 fully saturated rings. The Morgan fingerprint density at radius 2 is 1.61 bits per heavy atom. The van der Waals surface area contributed by atoms with E-state index in [9.17, 15) is 5.11 Å². The zero-order valence-corrected chi connectivity index (χ0v) is 11.8. The first kappa shape index (κ1) is 13.6. The van der Waals surface area contributed by atoms with Crippen molar-refractivity contribution in [3.63, 3.8) is 0 Å². The van der Waals surface area contributed by atoms with E-state index in [0.717, 1.165) is 0 Å². The Hall–Kier alpha value is -0.800. The van der Waals surface area contributed by atoms with Gasteiger partial charge in [0.15, 0.2) is 11.5 Å². The third-order valence-corrected chi connectivity index (χ3v) is 3.45. The quantitative estimate of drug-likeness (QED) is 0.757. The van der Waals surface area contributed by atoms with Gasteiger partial charge in [-0.15, -0.1) is 0 Å². The number of hydrogen-bond acceptors (Lipinski definition) is 2. The third-order valence-electron chi connectivity index (χ3n) is 2.14. The minimum atomic E-state index is -0.129. The summed E-state index contributed by atoms with van der Waals surface area (Å²) in [6, 6.07) is 7.55. The van der Waals surface area contributed by atoms with Crippen molar-refractivity contribution in [2.24, 2.45) is 0 Å². The highest BCUT2D eigenvalue weighted by atomic mass is 35.5. The minimum absolute atomic E-state index is 0.0494. The molecule has 1 N–H and O–H groups in total. The fraction of sp³-hybridized carbons (Fsp3) is 0. The highest BCUT2D eigenvalue weighted by molar-refractivity contribution is 6.43. The predicted octanol–water partition coefficient (Wildman–Crippen LogP) is 5.80. The molecular formula is C12H6Cl4O2. The van der Waals surface area contributed by atoms with E-state index < -0.39 is 0 Å². The maximum absolute atomic E-state index is 9.69. The van der Waals surface area contributed by atoms with Crippen molar-refractivity contribution in [2.75, 3.05) is 0 Å². The number of halogens is 4. The van der Waals surface area contributed by atoms with Crippen molar-refractivity contribution >= 4 is 46.4 Å². The largest absolute Gasteiger partial charge is 0.504 e. The number of phenols is 1. The van der Waals surface area contributed by atoms with Gasteiger partial charge in [-0.1, -0.05) is 46.4 Å². The lowest BCUT2D eigenvalue weighted by Gasteiger charge is -2.11. The molecule has 2 aromatic carbocycles. The van der Waals surface area contributed by atoms with Gasteiger partial charge in [0.05, 0.1) is 10.0 Å². The van der Waals surface area contributed by atoms with Gasteiger partial charge in [-0.2, -0.15) is 0 Å². The van der Waals surface area contributed by atoms with Crippen LogP contribution >= 0.6 is 46.4 Å². The number of aromatic hydroxyl groups is 1. The average Bonchev–Trinajstić information content (AvgIpc) is 2.32. The van der Waals surface area contributed by atoms with Crippen LogP contribution in [0.4, 0.5) is 0 Å². The summed E-state index contributed by atoms with van der Waals surface area (Å²) in [5, 5.41) is 10.9. The van der Waals surface area contributed by atoms with Crippen molar-refractivity contribution in [3.8, 4) is 17.2 Å². The molecule has 2 nitrogen and oxygen atoms in total. The highest BCUT2D eigenvalue weighted by Crippen LogP contribution is 2.43.